The lowest BCUT2D eigenvalue weighted by Gasteiger charge is -2.34. The SMILES string of the molecule is O=C(Cc1ccc2c(c1)OCO2)N1CCN(Cc2ccccn2)CC1. The largest absolute Gasteiger partial charge is 0.454 e. The van der Waals surface area contributed by atoms with Gasteiger partial charge in [0, 0.05) is 38.9 Å². The molecule has 1 aromatic carbocycles. The molecule has 4 rings (SSSR count). The van der Waals surface area contributed by atoms with Crippen molar-refractivity contribution in [3.8, 4) is 11.5 Å². The first-order valence-corrected chi connectivity index (χ1v) is 8.56. The van der Waals surface area contributed by atoms with E-state index in [4.69, 9.17) is 9.47 Å². The third kappa shape index (κ3) is 3.74. The molecule has 6 heteroatoms. The number of fused-ring (bicyclic) bond motifs is 1. The standard InChI is InChI=1S/C19H21N3O3/c23-19(12-15-4-5-17-18(11-15)25-14-24-17)22-9-7-21(8-10-22)13-16-3-1-2-6-20-16/h1-6,11H,7-10,12-14H2. The van der Waals surface area contributed by atoms with Crippen LogP contribution in [-0.4, -0.2) is 53.7 Å². The third-order valence-electron chi connectivity index (χ3n) is 4.63. The van der Waals surface area contributed by atoms with Gasteiger partial charge in [-0.15, -0.1) is 0 Å². The molecular formula is C19H21N3O3. The molecule has 0 aliphatic carbocycles. The van der Waals surface area contributed by atoms with E-state index in [1.54, 1.807) is 0 Å². The van der Waals surface area contributed by atoms with E-state index in [-0.39, 0.29) is 12.7 Å². The van der Waals surface area contributed by atoms with Crippen molar-refractivity contribution in [3.05, 3.63) is 53.9 Å². The lowest BCUT2D eigenvalue weighted by molar-refractivity contribution is -0.132. The second-order valence-corrected chi connectivity index (χ2v) is 6.34. The van der Waals surface area contributed by atoms with Crippen LogP contribution in [-0.2, 0) is 17.8 Å². The van der Waals surface area contributed by atoms with Gasteiger partial charge >= 0.3 is 0 Å². The Kier molecular flexibility index (Phi) is 4.52. The average molecular weight is 339 g/mol. The maximum absolute atomic E-state index is 12.6. The lowest BCUT2D eigenvalue weighted by Crippen LogP contribution is -2.48. The summed E-state index contributed by atoms with van der Waals surface area (Å²) in [4.78, 5) is 21.2. The minimum atomic E-state index is 0.163. The molecule has 0 bridgehead atoms. The normalized spacial score (nSPS) is 16.9. The molecule has 0 saturated carbocycles. The first-order chi connectivity index (χ1) is 12.3. The molecule has 1 fully saturated rings. The van der Waals surface area contributed by atoms with Gasteiger partial charge in [-0.3, -0.25) is 14.7 Å². The maximum atomic E-state index is 12.6. The molecule has 0 radical (unpaired) electrons. The minimum absolute atomic E-state index is 0.163. The number of rotatable bonds is 4. The van der Waals surface area contributed by atoms with E-state index in [9.17, 15) is 4.79 Å². The van der Waals surface area contributed by atoms with Crippen LogP contribution in [0.5, 0.6) is 11.5 Å². The number of benzene rings is 1. The van der Waals surface area contributed by atoms with E-state index in [2.05, 4.69) is 9.88 Å². The van der Waals surface area contributed by atoms with Crippen molar-refractivity contribution in [1.29, 1.82) is 0 Å². The second-order valence-electron chi connectivity index (χ2n) is 6.34. The van der Waals surface area contributed by atoms with Crippen LogP contribution in [0.15, 0.2) is 42.6 Å². The molecule has 25 heavy (non-hydrogen) atoms. The van der Waals surface area contributed by atoms with Crippen molar-refractivity contribution in [2.24, 2.45) is 0 Å². The Bertz CT molecular complexity index is 743. The highest BCUT2D eigenvalue weighted by Crippen LogP contribution is 2.32. The molecule has 0 N–H and O–H groups in total. The summed E-state index contributed by atoms with van der Waals surface area (Å²) in [6.45, 7) is 4.37. The van der Waals surface area contributed by atoms with E-state index >= 15 is 0 Å². The molecule has 0 unspecified atom stereocenters. The summed E-state index contributed by atoms with van der Waals surface area (Å²) in [5, 5.41) is 0. The fourth-order valence-electron chi connectivity index (χ4n) is 3.21. The van der Waals surface area contributed by atoms with Crippen molar-refractivity contribution in [2.75, 3.05) is 33.0 Å². The summed E-state index contributed by atoms with van der Waals surface area (Å²) in [5.41, 5.74) is 2.04. The van der Waals surface area contributed by atoms with Crippen LogP contribution in [0.3, 0.4) is 0 Å². The van der Waals surface area contributed by atoms with E-state index in [0.29, 0.717) is 6.42 Å². The van der Waals surface area contributed by atoms with Crippen LogP contribution in [0, 0.1) is 0 Å². The summed E-state index contributed by atoms with van der Waals surface area (Å²) in [6, 6.07) is 11.7. The monoisotopic (exact) mass is 339 g/mol. The van der Waals surface area contributed by atoms with Crippen LogP contribution in [0.1, 0.15) is 11.3 Å². The average Bonchev–Trinajstić information content (AvgIpc) is 3.11. The Labute approximate surface area is 147 Å². The molecule has 2 aromatic rings. The molecule has 1 aromatic heterocycles. The van der Waals surface area contributed by atoms with Crippen LogP contribution < -0.4 is 9.47 Å². The van der Waals surface area contributed by atoms with Crippen molar-refractivity contribution in [1.82, 2.24) is 14.8 Å². The predicted octanol–water partition coefficient (Wildman–Crippen LogP) is 1.70. The van der Waals surface area contributed by atoms with Crippen LogP contribution >= 0.6 is 0 Å². The fourth-order valence-corrected chi connectivity index (χ4v) is 3.21. The molecular weight excluding hydrogens is 318 g/mol. The van der Waals surface area contributed by atoms with Crippen LogP contribution in [0.2, 0.25) is 0 Å². The minimum Gasteiger partial charge on any atom is -0.454 e. The molecule has 0 atom stereocenters. The molecule has 1 amide bonds. The van der Waals surface area contributed by atoms with Gasteiger partial charge in [-0.2, -0.15) is 0 Å². The number of aromatic nitrogens is 1. The summed E-state index contributed by atoms with van der Waals surface area (Å²) in [7, 11) is 0. The third-order valence-corrected chi connectivity index (χ3v) is 4.63. The number of carbonyl (C=O) groups is 1. The molecule has 0 spiro atoms. The number of ether oxygens (including phenoxy) is 2. The smallest absolute Gasteiger partial charge is 0.231 e. The highest BCUT2D eigenvalue weighted by atomic mass is 16.7. The van der Waals surface area contributed by atoms with Crippen LogP contribution in [0.4, 0.5) is 0 Å². The van der Waals surface area contributed by atoms with Gasteiger partial charge in [0.25, 0.3) is 0 Å². The number of carbonyl (C=O) groups excluding carboxylic acids is 1. The fraction of sp³-hybridized carbons (Fsp3) is 0.368. The van der Waals surface area contributed by atoms with Crippen LogP contribution in [0.25, 0.3) is 0 Å². The van der Waals surface area contributed by atoms with E-state index in [1.807, 2.05) is 47.5 Å². The van der Waals surface area contributed by atoms with E-state index in [1.165, 1.54) is 0 Å². The molecule has 3 heterocycles. The van der Waals surface area contributed by atoms with Crippen molar-refractivity contribution >= 4 is 5.91 Å². The Morgan fingerprint density at radius 3 is 2.68 bits per heavy atom. The zero-order valence-corrected chi connectivity index (χ0v) is 14.1. The molecule has 1 saturated heterocycles. The first kappa shape index (κ1) is 15.9. The molecule has 6 nitrogen and oxygen atoms in total. The van der Waals surface area contributed by atoms with Gasteiger partial charge < -0.3 is 14.4 Å². The highest BCUT2D eigenvalue weighted by molar-refractivity contribution is 5.79. The molecule has 2 aliphatic rings. The van der Waals surface area contributed by atoms with E-state index in [0.717, 1.165) is 55.5 Å². The lowest BCUT2D eigenvalue weighted by atomic mass is 10.1. The second kappa shape index (κ2) is 7.11. The zero-order valence-electron chi connectivity index (χ0n) is 14.1. The van der Waals surface area contributed by atoms with Gasteiger partial charge in [0.2, 0.25) is 12.7 Å². The Morgan fingerprint density at radius 1 is 1.04 bits per heavy atom. The summed E-state index contributed by atoms with van der Waals surface area (Å²) in [5.74, 6) is 1.64. The van der Waals surface area contributed by atoms with Gasteiger partial charge in [-0.05, 0) is 29.8 Å². The number of hydrogen-bond acceptors (Lipinski definition) is 5. The Hall–Kier alpha value is -2.60. The quantitative estimate of drug-likeness (QED) is 0.849. The zero-order chi connectivity index (χ0) is 17.1. The molecule has 130 valence electrons. The topological polar surface area (TPSA) is 54.9 Å². The van der Waals surface area contributed by atoms with Crippen molar-refractivity contribution < 1.29 is 14.3 Å². The number of hydrogen-bond donors (Lipinski definition) is 0. The number of amides is 1. The highest BCUT2D eigenvalue weighted by Gasteiger charge is 2.22. The summed E-state index contributed by atoms with van der Waals surface area (Å²) >= 11 is 0. The summed E-state index contributed by atoms with van der Waals surface area (Å²) in [6.07, 6.45) is 2.22. The van der Waals surface area contributed by atoms with Gasteiger partial charge in [0.15, 0.2) is 11.5 Å². The van der Waals surface area contributed by atoms with Gasteiger partial charge in [-0.1, -0.05) is 12.1 Å². The van der Waals surface area contributed by atoms with Gasteiger partial charge in [0.05, 0.1) is 12.1 Å². The number of nitrogens with zero attached hydrogens (tertiary/aromatic N) is 3. The van der Waals surface area contributed by atoms with Crippen molar-refractivity contribution in [3.63, 3.8) is 0 Å². The molecule has 2 aliphatic heterocycles. The van der Waals surface area contributed by atoms with Gasteiger partial charge in [-0.25, -0.2) is 0 Å². The number of piperazine rings is 1. The summed E-state index contributed by atoms with van der Waals surface area (Å²) < 4.78 is 10.7. The maximum Gasteiger partial charge on any atom is 0.231 e. The van der Waals surface area contributed by atoms with Crippen molar-refractivity contribution in [2.45, 2.75) is 13.0 Å². The van der Waals surface area contributed by atoms with E-state index < -0.39 is 0 Å². The number of pyridine rings is 1. The first-order valence-electron chi connectivity index (χ1n) is 8.56. The Balaban J connectivity index is 1.29. The predicted molar refractivity (Wildman–Crippen MR) is 92.4 cm³/mol. The Morgan fingerprint density at radius 2 is 1.88 bits per heavy atom. The van der Waals surface area contributed by atoms with Gasteiger partial charge in [0.1, 0.15) is 0 Å².